The van der Waals surface area contributed by atoms with Gasteiger partial charge in [-0.15, -0.1) is 11.3 Å². The summed E-state index contributed by atoms with van der Waals surface area (Å²) in [5, 5.41) is 3.53. The van der Waals surface area contributed by atoms with Gasteiger partial charge in [-0.1, -0.05) is 13.8 Å². The van der Waals surface area contributed by atoms with E-state index in [0.717, 1.165) is 31.5 Å². The quantitative estimate of drug-likeness (QED) is 0.737. The number of nitrogens with one attached hydrogen (secondary N) is 1. The molecule has 1 aromatic heterocycles. The summed E-state index contributed by atoms with van der Waals surface area (Å²) in [5.41, 5.74) is 0. The summed E-state index contributed by atoms with van der Waals surface area (Å²) in [6.07, 6.45) is 2.88. The number of rotatable bonds is 9. The minimum Gasteiger partial charge on any atom is -0.312 e. The smallest absolute Gasteiger partial charge is 0.0330 e. The molecule has 1 aliphatic rings. The lowest BCUT2D eigenvalue weighted by atomic mass is 10.2. The molecule has 1 N–H and O–H groups in total. The van der Waals surface area contributed by atoms with Crippen LogP contribution in [0.5, 0.6) is 0 Å². The molecular weight excluding hydrogens is 264 g/mol. The van der Waals surface area contributed by atoms with Crippen LogP contribution >= 0.6 is 11.3 Å². The summed E-state index contributed by atoms with van der Waals surface area (Å²) in [6, 6.07) is 5.27. The van der Waals surface area contributed by atoms with Crippen molar-refractivity contribution >= 4 is 11.3 Å². The predicted molar refractivity (Wildman–Crippen MR) is 89.1 cm³/mol. The van der Waals surface area contributed by atoms with Gasteiger partial charge in [0.25, 0.3) is 0 Å². The first-order valence-electron chi connectivity index (χ1n) is 8.07. The number of hydrogen-bond acceptors (Lipinski definition) is 3. The van der Waals surface area contributed by atoms with Crippen LogP contribution in [0.25, 0.3) is 0 Å². The van der Waals surface area contributed by atoms with Crippen molar-refractivity contribution in [2.75, 3.05) is 13.1 Å². The molecule has 1 saturated carbocycles. The molecule has 2 rings (SSSR count). The molecule has 0 aliphatic heterocycles. The van der Waals surface area contributed by atoms with Crippen molar-refractivity contribution in [3.05, 3.63) is 21.9 Å². The van der Waals surface area contributed by atoms with Crippen LogP contribution in [0.2, 0.25) is 0 Å². The second-order valence-electron chi connectivity index (χ2n) is 6.86. The van der Waals surface area contributed by atoms with Gasteiger partial charge in [0.2, 0.25) is 0 Å². The molecule has 0 aromatic carbocycles. The SMILES string of the molecule is CC(C)CNCc1ccc(CN(CC2CC2)C(C)C)s1. The Morgan fingerprint density at radius 1 is 1.20 bits per heavy atom. The van der Waals surface area contributed by atoms with E-state index in [1.54, 1.807) is 0 Å². The Morgan fingerprint density at radius 2 is 1.90 bits per heavy atom. The van der Waals surface area contributed by atoms with E-state index in [1.807, 2.05) is 11.3 Å². The maximum atomic E-state index is 3.53. The molecule has 2 nitrogen and oxygen atoms in total. The van der Waals surface area contributed by atoms with Gasteiger partial charge in [-0.3, -0.25) is 4.90 Å². The maximum absolute atomic E-state index is 3.53. The van der Waals surface area contributed by atoms with Crippen molar-refractivity contribution < 1.29 is 0 Å². The van der Waals surface area contributed by atoms with Gasteiger partial charge >= 0.3 is 0 Å². The highest BCUT2D eigenvalue weighted by molar-refractivity contribution is 7.11. The number of thiophene rings is 1. The van der Waals surface area contributed by atoms with E-state index in [2.05, 4.69) is 50.0 Å². The summed E-state index contributed by atoms with van der Waals surface area (Å²) in [7, 11) is 0. The van der Waals surface area contributed by atoms with Crippen LogP contribution < -0.4 is 5.32 Å². The van der Waals surface area contributed by atoms with Gasteiger partial charge in [0, 0.05) is 35.4 Å². The molecule has 3 heteroatoms. The van der Waals surface area contributed by atoms with Crippen LogP contribution in [-0.4, -0.2) is 24.0 Å². The second kappa shape index (κ2) is 7.58. The Kier molecular flexibility index (Phi) is 6.06. The summed E-state index contributed by atoms with van der Waals surface area (Å²) < 4.78 is 0. The van der Waals surface area contributed by atoms with Crippen LogP contribution in [0.1, 0.15) is 50.3 Å². The van der Waals surface area contributed by atoms with Crippen molar-refractivity contribution in [3.63, 3.8) is 0 Å². The Hall–Kier alpha value is -0.380. The van der Waals surface area contributed by atoms with Gasteiger partial charge in [0.15, 0.2) is 0 Å². The predicted octanol–water partition coefficient (Wildman–Crippen LogP) is 4.11. The summed E-state index contributed by atoms with van der Waals surface area (Å²) in [4.78, 5) is 5.62. The Balaban J connectivity index is 1.80. The lowest BCUT2D eigenvalue weighted by molar-refractivity contribution is 0.205. The van der Waals surface area contributed by atoms with Gasteiger partial charge < -0.3 is 5.32 Å². The molecule has 0 bridgehead atoms. The monoisotopic (exact) mass is 294 g/mol. The van der Waals surface area contributed by atoms with E-state index in [1.165, 1.54) is 29.1 Å². The zero-order valence-electron chi connectivity index (χ0n) is 13.5. The topological polar surface area (TPSA) is 15.3 Å². The zero-order chi connectivity index (χ0) is 14.5. The summed E-state index contributed by atoms with van der Waals surface area (Å²) >= 11 is 1.97. The second-order valence-corrected chi connectivity index (χ2v) is 8.11. The fourth-order valence-corrected chi connectivity index (χ4v) is 3.39. The van der Waals surface area contributed by atoms with Gasteiger partial charge in [-0.25, -0.2) is 0 Å². The molecule has 0 atom stereocenters. The van der Waals surface area contributed by atoms with Crippen LogP contribution in [0.3, 0.4) is 0 Å². The van der Waals surface area contributed by atoms with Crippen LogP contribution in [0.15, 0.2) is 12.1 Å². The largest absolute Gasteiger partial charge is 0.312 e. The normalized spacial score (nSPS) is 15.8. The highest BCUT2D eigenvalue weighted by Gasteiger charge is 2.25. The highest BCUT2D eigenvalue weighted by Crippen LogP contribution is 2.31. The minimum atomic E-state index is 0.653. The van der Waals surface area contributed by atoms with E-state index in [-0.39, 0.29) is 0 Å². The van der Waals surface area contributed by atoms with Crippen molar-refractivity contribution in [3.8, 4) is 0 Å². The molecule has 0 spiro atoms. The lowest BCUT2D eigenvalue weighted by Gasteiger charge is -2.25. The van der Waals surface area contributed by atoms with E-state index in [9.17, 15) is 0 Å². The van der Waals surface area contributed by atoms with Gasteiger partial charge in [-0.05, 0) is 57.2 Å². The van der Waals surface area contributed by atoms with Gasteiger partial charge in [0.05, 0.1) is 0 Å². The first-order chi connectivity index (χ1) is 9.54. The molecule has 0 amide bonds. The van der Waals surface area contributed by atoms with Gasteiger partial charge in [0.1, 0.15) is 0 Å². The van der Waals surface area contributed by atoms with Crippen molar-refractivity contribution in [2.24, 2.45) is 11.8 Å². The molecule has 20 heavy (non-hydrogen) atoms. The van der Waals surface area contributed by atoms with Crippen molar-refractivity contribution in [1.29, 1.82) is 0 Å². The fraction of sp³-hybridized carbons (Fsp3) is 0.765. The van der Waals surface area contributed by atoms with Crippen molar-refractivity contribution in [1.82, 2.24) is 10.2 Å². The molecule has 114 valence electrons. The first-order valence-corrected chi connectivity index (χ1v) is 8.88. The maximum Gasteiger partial charge on any atom is 0.0330 e. The third-order valence-electron chi connectivity index (χ3n) is 3.85. The Bertz CT molecular complexity index is 393. The standard InChI is InChI=1S/C17H30N2S/c1-13(2)9-18-10-16-7-8-17(20-16)12-19(14(3)4)11-15-5-6-15/h7-8,13-15,18H,5-6,9-12H2,1-4H3. The average Bonchev–Trinajstić information content (AvgIpc) is 3.07. The zero-order valence-corrected chi connectivity index (χ0v) is 14.3. The van der Waals surface area contributed by atoms with E-state index >= 15 is 0 Å². The minimum absolute atomic E-state index is 0.653. The first kappa shape index (κ1) is 16.0. The van der Waals surface area contributed by atoms with E-state index < -0.39 is 0 Å². The molecule has 0 unspecified atom stereocenters. The molecule has 0 saturated heterocycles. The molecule has 0 radical (unpaired) electrons. The van der Waals surface area contributed by atoms with Crippen LogP contribution in [0, 0.1) is 11.8 Å². The Labute approximate surface area is 128 Å². The summed E-state index contributed by atoms with van der Waals surface area (Å²) in [5.74, 6) is 1.70. The van der Waals surface area contributed by atoms with E-state index in [4.69, 9.17) is 0 Å². The molecule has 1 aromatic rings. The fourth-order valence-electron chi connectivity index (χ4n) is 2.38. The molecule has 1 aliphatic carbocycles. The van der Waals surface area contributed by atoms with E-state index in [0.29, 0.717) is 6.04 Å². The molecule has 1 fully saturated rings. The Morgan fingerprint density at radius 3 is 2.50 bits per heavy atom. The molecular formula is C17H30N2S. The van der Waals surface area contributed by atoms with Crippen molar-refractivity contribution in [2.45, 2.75) is 59.7 Å². The summed E-state index contributed by atoms with van der Waals surface area (Å²) in [6.45, 7) is 13.7. The third-order valence-corrected chi connectivity index (χ3v) is 4.92. The number of hydrogen-bond donors (Lipinski definition) is 1. The average molecular weight is 295 g/mol. The number of nitrogens with zero attached hydrogens (tertiary/aromatic N) is 1. The van der Waals surface area contributed by atoms with Crippen LogP contribution in [-0.2, 0) is 13.1 Å². The lowest BCUT2D eigenvalue weighted by Crippen LogP contribution is -2.31. The van der Waals surface area contributed by atoms with Crippen LogP contribution in [0.4, 0.5) is 0 Å². The molecule has 1 heterocycles. The third kappa shape index (κ3) is 5.55. The highest BCUT2D eigenvalue weighted by atomic mass is 32.1. The van der Waals surface area contributed by atoms with Gasteiger partial charge in [-0.2, -0.15) is 0 Å².